The molecule has 0 radical (unpaired) electrons. The van der Waals surface area contributed by atoms with Crippen molar-refractivity contribution in [3.8, 4) is 11.5 Å². The molecule has 0 saturated carbocycles. The van der Waals surface area contributed by atoms with E-state index < -0.39 is 11.4 Å². The molecule has 0 aliphatic heterocycles. The summed E-state index contributed by atoms with van der Waals surface area (Å²) in [4.78, 5) is 11.5. The van der Waals surface area contributed by atoms with Crippen molar-refractivity contribution in [1.82, 2.24) is 5.32 Å². The summed E-state index contributed by atoms with van der Waals surface area (Å²) in [5, 5.41) is 22.5. The zero-order valence-corrected chi connectivity index (χ0v) is 14.9. The molecule has 1 rings (SSSR count). The fraction of sp³-hybridized carbons (Fsp3) is 0.562. The first-order chi connectivity index (χ1) is 10.4. The minimum atomic E-state index is -0.771. The van der Waals surface area contributed by atoms with Gasteiger partial charge in [0.15, 0.2) is 11.5 Å². The molecule has 0 bridgehead atoms. The van der Waals surface area contributed by atoms with Crippen LogP contribution in [0.3, 0.4) is 0 Å². The lowest BCUT2D eigenvalue weighted by Gasteiger charge is -2.27. The van der Waals surface area contributed by atoms with Crippen LogP contribution < -0.4 is 10.1 Å². The number of rotatable bonds is 9. The van der Waals surface area contributed by atoms with Gasteiger partial charge in [0.2, 0.25) is 0 Å². The number of aromatic hydroxyl groups is 1. The maximum Gasteiger partial charge on any atom is 0.310 e. The van der Waals surface area contributed by atoms with Gasteiger partial charge in [0.05, 0.1) is 16.5 Å². The smallest absolute Gasteiger partial charge is 0.310 e. The number of phenolic OH excluding ortho intramolecular Hbond substituents is 1. The van der Waals surface area contributed by atoms with Crippen molar-refractivity contribution in [2.45, 2.75) is 40.2 Å². The molecule has 0 aromatic heterocycles. The molecule has 0 amide bonds. The van der Waals surface area contributed by atoms with E-state index in [0.717, 1.165) is 5.56 Å². The van der Waals surface area contributed by atoms with Crippen LogP contribution in [0.4, 0.5) is 0 Å². The predicted octanol–water partition coefficient (Wildman–Crippen LogP) is 3.53. The van der Waals surface area contributed by atoms with Gasteiger partial charge >= 0.3 is 5.97 Å². The highest BCUT2D eigenvalue weighted by molar-refractivity contribution is 9.10. The van der Waals surface area contributed by atoms with Crippen LogP contribution in [0.15, 0.2) is 16.6 Å². The Hall–Kier alpha value is -1.27. The Morgan fingerprint density at radius 3 is 2.45 bits per heavy atom. The van der Waals surface area contributed by atoms with Gasteiger partial charge in [-0.2, -0.15) is 0 Å². The number of halogens is 1. The monoisotopic (exact) mass is 373 g/mol. The van der Waals surface area contributed by atoms with Crippen LogP contribution in [-0.4, -0.2) is 29.3 Å². The molecule has 5 nitrogen and oxygen atoms in total. The fourth-order valence-corrected chi connectivity index (χ4v) is 2.81. The predicted molar refractivity (Wildman–Crippen MR) is 89.3 cm³/mol. The first-order valence-electron chi connectivity index (χ1n) is 7.48. The Labute approximate surface area is 139 Å². The van der Waals surface area contributed by atoms with Gasteiger partial charge in [-0.15, -0.1) is 0 Å². The Bertz CT molecular complexity index is 515. The van der Waals surface area contributed by atoms with Crippen molar-refractivity contribution in [2.24, 2.45) is 5.41 Å². The number of hydrogen-bond donors (Lipinski definition) is 3. The summed E-state index contributed by atoms with van der Waals surface area (Å²) in [5.41, 5.74) is 0.177. The Morgan fingerprint density at radius 2 is 1.95 bits per heavy atom. The van der Waals surface area contributed by atoms with E-state index in [1.807, 2.05) is 20.8 Å². The first-order valence-corrected chi connectivity index (χ1v) is 8.27. The molecule has 0 spiro atoms. The molecule has 0 aliphatic rings. The number of benzene rings is 1. The molecule has 0 aliphatic carbocycles. The average molecular weight is 374 g/mol. The van der Waals surface area contributed by atoms with Gasteiger partial charge in [0.1, 0.15) is 0 Å². The van der Waals surface area contributed by atoms with Crippen LogP contribution in [0.5, 0.6) is 11.5 Å². The van der Waals surface area contributed by atoms with Crippen LogP contribution in [-0.2, 0) is 11.3 Å². The second-order valence-electron chi connectivity index (χ2n) is 5.25. The number of aliphatic carboxylic acids is 1. The lowest BCUT2D eigenvalue weighted by Crippen LogP contribution is -2.40. The lowest BCUT2D eigenvalue weighted by atomic mass is 9.82. The quantitative estimate of drug-likeness (QED) is 0.616. The number of phenols is 1. The SMILES string of the molecule is CCOc1cc(CNCC(CC)(CC)C(=O)O)cc(Br)c1O. The molecule has 1 aromatic carbocycles. The van der Waals surface area contributed by atoms with E-state index in [-0.39, 0.29) is 5.75 Å². The summed E-state index contributed by atoms with van der Waals surface area (Å²) in [6.45, 7) is 7.01. The zero-order valence-electron chi connectivity index (χ0n) is 13.3. The molecule has 124 valence electrons. The highest BCUT2D eigenvalue weighted by Gasteiger charge is 2.34. The molecule has 6 heteroatoms. The van der Waals surface area contributed by atoms with E-state index in [9.17, 15) is 15.0 Å². The van der Waals surface area contributed by atoms with Gasteiger partial charge in [-0.3, -0.25) is 4.79 Å². The van der Waals surface area contributed by atoms with Crippen molar-refractivity contribution in [1.29, 1.82) is 0 Å². The molecule has 1 aromatic rings. The van der Waals surface area contributed by atoms with Crippen LogP contribution in [0, 0.1) is 5.41 Å². The number of hydrogen-bond acceptors (Lipinski definition) is 4. The molecule has 0 saturated heterocycles. The fourth-order valence-electron chi connectivity index (χ4n) is 2.32. The maximum atomic E-state index is 11.5. The van der Waals surface area contributed by atoms with Gasteiger partial charge in [-0.1, -0.05) is 13.8 Å². The van der Waals surface area contributed by atoms with E-state index in [0.29, 0.717) is 42.8 Å². The standard InChI is InChI=1S/C16H24BrNO4/c1-4-16(5-2,15(20)21)10-18-9-11-7-12(17)14(19)13(8-11)22-6-3/h7-8,18-19H,4-6,9-10H2,1-3H3,(H,20,21). The first kappa shape index (κ1) is 18.8. The van der Waals surface area contributed by atoms with E-state index in [1.54, 1.807) is 12.1 Å². The summed E-state index contributed by atoms with van der Waals surface area (Å²) in [7, 11) is 0. The van der Waals surface area contributed by atoms with E-state index >= 15 is 0 Å². The molecule has 0 fully saturated rings. The highest BCUT2D eigenvalue weighted by atomic mass is 79.9. The molecular formula is C16H24BrNO4. The molecule has 3 N–H and O–H groups in total. The summed E-state index contributed by atoms with van der Waals surface area (Å²) in [6, 6.07) is 3.56. The van der Waals surface area contributed by atoms with E-state index in [1.165, 1.54) is 0 Å². The summed E-state index contributed by atoms with van der Waals surface area (Å²) >= 11 is 3.30. The van der Waals surface area contributed by atoms with Crippen LogP contribution in [0.25, 0.3) is 0 Å². The third-order valence-electron chi connectivity index (χ3n) is 3.99. The van der Waals surface area contributed by atoms with Crippen molar-refractivity contribution in [3.63, 3.8) is 0 Å². The molecule has 0 unspecified atom stereocenters. The topological polar surface area (TPSA) is 78.8 Å². The third-order valence-corrected chi connectivity index (χ3v) is 4.59. The van der Waals surface area contributed by atoms with Gasteiger partial charge in [0.25, 0.3) is 0 Å². The highest BCUT2D eigenvalue weighted by Crippen LogP contribution is 2.35. The lowest BCUT2D eigenvalue weighted by molar-refractivity contribution is -0.149. The Balaban J connectivity index is 2.78. The molecule has 0 atom stereocenters. The van der Waals surface area contributed by atoms with Crippen molar-refractivity contribution >= 4 is 21.9 Å². The minimum Gasteiger partial charge on any atom is -0.503 e. The average Bonchev–Trinajstić information content (AvgIpc) is 2.49. The van der Waals surface area contributed by atoms with E-state index in [2.05, 4.69) is 21.2 Å². The number of carbonyl (C=O) groups is 1. The van der Waals surface area contributed by atoms with Crippen molar-refractivity contribution in [3.05, 3.63) is 22.2 Å². The summed E-state index contributed by atoms with van der Waals surface area (Å²) < 4.78 is 5.94. The second kappa shape index (κ2) is 8.39. The van der Waals surface area contributed by atoms with Crippen LogP contribution in [0.1, 0.15) is 39.2 Å². The summed E-state index contributed by atoms with van der Waals surface area (Å²) in [6.07, 6.45) is 1.16. The number of nitrogens with one attached hydrogen (secondary N) is 1. The van der Waals surface area contributed by atoms with Gasteiger partial charge in [0, 0.05) is 13.1 Å². The van der Waals surface area contributed by atoms with Crippen molar-refractivity contribution in [2.75, 3.05) is 13.2 Å². The largest absolute Gasteiger partial charge is 0.503 e. The molecule has 22 heavy (non-hydrogen) atoms. The third kappa shape index (κ3) is 4.36. The van der Waals surface area contributed by atoms with Gasteiger partial charge < -0.3 is 20.3 Å². The Morgan fingerprint density at radius 1 is 1.32 bits per heavy atom. The van der Waals surface area contributed by atoms with Crippen LogP contribution >= 0.6 is 15.9 Å². The number of ether oxygens (including phenoxy) is 1. The minimum absolute atomic E-state index is 0.0765. The van der Waals surface area contributed by atoms with Crippen molar-refractivity contribution < 1.29 is 19.7 Å². The zero-order chi connectivity index (χ0) is 16.8. The maximum absolute atomic E-state index is 11.5. The Kier molecular flexibility index (Phi) is 7.16. The van der Waals surface area contributed by atoms with Gasteiger partial charge in [-0.05, 0) is 53.4 Å². The number of carboxylic acids is 1. The molecular weight excluding hydrogens is 350 g/mol. The van der Waals surface area contributed by atoms with Crippen LogP contribution in [0.2, 0.25) is 0 Å². The second-order valence-corrected chi connectivity index (χ2v) is 6.11. The van der Waals surface area contributed by atoms with Gasteiger partial charge in [-0.25, -0.2) is 0 Å². The molecule has 0 heterocycles. The normalized spacial score (nSPS) is 11.5. The summed E-state index contributed by atoms with van der Waals surface area (Å²) in [5.74, 6) is -0.274. The number of carboxylic acid groups (broad SMARTS) is 1. The van der Waals surface area contributed by atoms with E-state index in [4.69, 9.17) is 4.74 Å².